The van der Waals surface area contributed by atoms with Gasteiger partial charge in [-0.05, 0) is 19.9 Å². The van der Waals surface area contributed by atoms with E-state index in [-0.39, 0.29) is 0 Å². The fourth-order valence-corrected chi connectivity index (χ4v) is 0.561. The van der Waals surface area contributed by atoms with Crippen molar-refractivity contribution < 1.29 is 10.0 Å². The van der Waals surface area contributed by atoms with Crippen molar-refractivity contribution in [3.8, 4) is 0 Å². The van der Waals surface area contributed by atoms with Gasteiger partial charge in [0.25, 0.3) is 5.91 Å². The standard InChI is InChI=1S/C8H12N2O2/c1-3-4-5-7(2)10-8(11)6-9-12/h3-6,12H,1-2H3,(H,10,11)/b4-3-,7-5+,9-6-. The first-order chi connectivity index (χ1) is 5.70. The van der Waals surface area contributed by atoms with Gasteiger partial charge in [0.15, 0.2) is 0 Å². The summed E-state index contributed by atoms with van der Waals surface area (Å²) in [6, 6.07) is 0. The summed E-state index contributed by atoms with van der Waals surface area (Å²) in [6.45, 7) is 3.61. The van der Waals surface area contributed by atoms with Crippen LogP contribution in [-0.2, 0) is 4.79 Å². The van der Waals surface area contributed by atoms with Crippen molar-refractivity contribution in [2.45, 2.75) is 13.8 Å². The summed E-state index contributed by atoms with van der Waals surface area (Å²) >= 11 is 0. The molecule has 0 saturated carbocycles. The maximum Gasteiger partial charge on any atom is 0.269 e. The van der Waals surface area contributed by atoms with Crippen LogP contribution in [0.15, 0.2) is 29.1 Å². The molecule has 0 aliphatic carbocycles. The zero-order valence-electron chi connectivity index (χ0n) is 7.11. The maximum absolute atomic E-state index is 10.7. The fourth-order valence-electron chi connectivity index (χ4n) is 0.561. The minimum Gasteiger partial charge on any atom is -0.411 e. The number of amides is 1. The average molecular weight is 168 g/mol. The fraction of sp³-hybridized carbons (Fsp3) is 0.250. The van der Waals surface area contributed by atoms with Crippen molar-refractivity contribution in [1.82, 2.24) is 5.32 Å². The number of carbonyl (C=O) groups is 1. The number of rotatable bonds is 3. The lowest BCUT2D eigenvalue weighted by atomic mass is 10.4. The van der Waals surface area contributed by atoms with E-state index in [1.165, 1.54) is 0 Å². The highest BCUT2D eigenvalue weighted by atomic mass is 16.4. The molecule has 2 N–H and O–H groups in total. The largest absolute Gasteiger partial charge is 0.411 e. The van der Waals surface area contributed by atoms with Gasteiger partial charge >= 0.3 is 0 Å². The molecule has 0 bridgehead atoms. The number of hydrogen-bond acceptors (Lipinski definition) is 3. The monoisotopic (exact) mass is 168 g/mol. The first-order valence-electron chi connectivity index (χ1n) is 3.48. The number of oxime groups is 1. The molecule has 0 atom stereocenters. The summed E-state index contributed by atoms with van der Waals surface area (Å²) in [5.41, 5.74) is 0.693. The van der Waals surface area contributed by atoms with Gasteiger partial charge < -0.3 is 10.5 Å². The highest BCUT2D eigenvalue weighted by molar-refractivity contribution is 6.26. The highest BCUT2D eigenvalue weighted by Gasteiger charge is 1.94. The van der Waals surface area contributed by atoms with Crippen LogP contribution < -0.4 is 5.32 Å². The van der Waals surface area contributed by atoms with Gasteiger partial charge in [0.1, 0.15) is 6.21 Å². The summed E-state index contributed by atoms with van der Waals surface area (Å²) in [5, 5.41) is 13.1. The summed E-state index contributed by atoms with van der Waals surface area (Å²) < 4.78 is 0. The Balaban J connectivity index is 3.99. The highest BCUT2D eigenvalue weighted by Crippen LogP contribution is 1.86. The van der Waals surface area contributed by atoms with Crippen molar-refractivity contribution >= 4 is 12.1 Å². The molecule has 0 aromatic rings. The molecular formula is C8H12N2O2. The van der Waals surface area contributed by atoms with Gasteiger partial charge in [-0.15, -0.1) is 0 Å². The van der Waals surface area contributed by atoms with E-state index >= 15 is 0 Å². The van der Waals surface area contributed by atoms with Gasteiger partial charge in [0, 0.05) is 5.70 Å². The molecule has 0 aromatic heterocycles. The summed E-state index contributed by atoms with van der Waals surface area (Å²) in [6.07, 6.45) is 6.18. The molecule has 66 valence electrons. The second-order valence-corrected chi connectivity index (χ2v) is 2.11. The van der Waals surface area contributed by atoms with Crippen LogP contribution in [-0.4, -0.2) is 17.3 Å². The Kier molecular flexibility index (Phi) is 5.34. The molecule has 12 heavy (non-hydrogen) atoms. The van der Waals surface area contributed by atoms with Crippen molar-refractivity contribution in [3.63, 3.8) is 0 Å². The number of nitrogens with one attached hydrogen (secondary N) is 1. The van der Waals surface area contributed by atoms with E-state index in [0.29, 0.717) is 5.70 Å². The lowest BCUT2D eigenvalue weighted by Crippen LogP contribution is -2.21. The van der Waals surface area contributed by atoms with Gasteiger partial charge in [0.05, 0.1) is 0 Å². The topological polar surface area (TPSA) is 61.7 Å². The smallest absolute Gasteiger partial charge is 0.269 e. The van der Waals surface area contributed by atoms with Crippen molar-refractivity contribution in [2.24, 2.45) is 5.16 Å². The van der Waals surface area contributed by atoms with Crippen LogP contribution in [0.4, 0.5) is 0 Å². The van der Waals surface area contributed by atoms with Gasteiger partial charge in [-0.1, -0.05) is 17.3 Å². The van der Waals surface area contributed by atoms with Crippen LogP contribution in [0.2, 0.25) is 0 Å². The molecule has 1 amide bonds. The van der Waals surface area contributed by atoms with E-state index in [2.05, 4.69) is 10.5 Å². The predicted molar refractivity (Wildman–Crippen MR) is 47.0 cm³/mol. The molecular weight excluding hydrogens is 156 g/mol. The molecule has 0 saturated heterocycles. The van der Waals surface area contributed by atoms with Gasteiger partial charge in [-0.3, -0.25) is 4.79 Å². The van der Waals surface area contributed by atoms with E-state index in [0.717, 1.165) is 6.21 Å². The van der Waals surface area contributed by atoms with Crippen molar-refractivity contribution in [3.05, 3.63) is 23.9 Å². The van der Waals surface area contributed by atoms with E-state index in [9.17, 15) is 4.79 Å². The van der Waals surface area contributed by atoms with Crippen LogP contribution in [0.25, 0.3) is 0 Å². The minimum atomic E-state index is -0.448. The molecule has 0 aromatic carbocycles. The normalized spacial score (nSPS) is 12.7. The van der Waals surface area contributed by atoms with Crippen LogP contribution in [0, 0.1) is 0 Å². The molecule has 4 heteroatoms. The van der Waals surface area contributed by atoms with Crippen molar-refractivity contribution in [2.75, 3.05) is 0 Å². The summed E-state index contributed by atoms with van der Waals surface area (Å²) in [5.74, 6) is -0.448. The Morgan fingerprint density at radius 2 is 2.25 bits per heavy atom. The predicted octanol–water partition coefficient (Wildman–Crippen LogP) is 1.04. The van der Waals surface area contributed by atoms with Gasteiger partial charge in [-0.25, -0.2) is 0 Å². The molecule has 0 radical (unpaired) electrons. The average Bonchev–Trinajstić information content (AvgIpc) is 2.01. The Labute approximate surface area is 71.3 Å². The van der Waals surface area contributed by atoms with Crippen molar-refractivity contribution in [1.29, 1.82) is 0 Å². The Morgan fingerprint density at radius 3 is 2.75 bits per heavy atom. The van der Waals surface area contributed by atoms with E-state index in [1.54, 1.807) is 19.1 Å². The van der Waals surface area contributed by atoms with Crippen LogP contribution in [0.3, 0.4) is 0 Å². The molecule has 0 aliphatic heterocycles. The van der Waals surface area contributed by atoms with Gasteiger partial charge in [0.2, 0.25) is 0 Å². The molecule has 0 aliphatic rings. The van der Waals surface area contributed by atoms with E-state index in [1.807, 2.05) is 13.0 Å². The second-order valence-electron chi connectivity index (χ2n) is 2.11. The molecule has 0 unspecified atom stereocenters. The van der Waals surface area contributed by atoms with Crippen LogP contribution in [0.5, 0.6) is 0 Å². The van der Waals surface area contributed by atoms with E-state index < -0.39 is 5.91 Å². The Hall–Kier alpha value is -1.58. The first-order valence-corrected chi connectivity index (χ1v) is 3.48. The molecule has 4 nitrogen and oxygen atoms in total. The van der Waals surface area contributed by atoms with Crippen LogP contribution in [0.1, 0.15) is 13.8 Å². The number of allylic oxidation sites excluding steroid dienone is 4. The minimum absolute atomic E-state index is 0.448. The molecule has 0 fully saturated rings. The quantitative estimate of drug-likeness (QED) is 0.286. The zero-order valence-corrected chi connectivity index (χ0v) is 7.11. The molecule has 0 spiro atoms. The number of nitrogens with zero attached hydrogens (tertiary/aromatic N) is 1. The number of carbonyl (C=O) groups excluding carboxylic acids is 1. The maximum atomic E-state index is 10.7. The molecule has 0 heterocycles. The third-order valence-corrected chi connectivity index (χ3v) is 1.03. The Bertz CT molecular complexity index is 229. The van der Waals surface area contributed by atoms with Crippen LogP contribution >= 0.6 is 0 Å². The summed E-state index contributed by atoms with van der Waals surface area (Å²) in [7, 11) is 0. The number of hydrogen-bond donors (Lipinski definition) is 2. The lowest BCUT2D eigenvalue weighted by Gasteiger charge is -1.97. The second kappa shape index (κ2) is 6.15. The SMILES string of the molecule is C/C=C\C=C(/C)NC(=O)/C=N\O. The third-order valence-electron chi connectivity index (χ3n) is 1.03. The third kappa shape index (κ3) is 5.22. The lowest BCUT2D eigenvalue weighted by molar-refractivity contribution is -0.113. The molecule has 0 rings (SSSR count). The first kappa shape index (κ1) is 10.4. The van der Waals surface area contributed by atoms with E-state index in [4.69, 9.17) is 5.21 Å². The Morgan fingerprint density at radius 1 is 1.58 bits per heavy atom. The zero-order chi connectivity index (χ0) is 9.40. The summed E-state index contributed by atoms with van der Waals surface area (Å²) in [4.78, 5) is 10.7. The van der Waals surface area contributed by atoms with Gasteiger partial charge in [-0.2, -0.15) is 0 Å².